The molecule has 190 valence electrons. The van der Waals surface area contributed by atoms with Crippen molar-refractivity contribution in [2.75, 3.05) is 11.9 Å². The Kier molecular flexibility index (Phi) is 7.52. The molecule has 6 nitrogen and oxygen atoms in total. The number of anilines is 1. The molecule has 3 aromatic carbocycles. The van der Waals surface area contributed by atoms with Crippen LogP contribution in [-0.2, 0) is 23.0 Å². The van der Waals surface area contributed by atoms with Crippen LogP contribution in [0.15, 0.2) is 77.7 Å². The Morgan fingerprint density at radius 1 is 1.00 bits per heavy atom. The second-order valence-corrected chi connectivity index (χ2v) is 11.7. The molecule has 1 atom stereocenters. The summed E-state index contributed by atoms with van der Waals surface area (Å²) in [4.78, 5) is 15.5. The van der Waals surface area contributed by atoms with Gasteiger partial charge in [0.2, 0.25) is 10.0 Å². The van der Waals surface area contributed by atoms with Gasteiger partial charge in [-0.25, -0.2) is 13.1 Å². The highest BCUT2D eigenvalue weighted by atomic mass is 32.2. The van der Waals surface area contributed by atoms with E-state index in [9.17, 15) is 13.2 Å². The third-order valence-corrected chi connectivity index (χ3v) is 8.17. The lowest BCUT2D eigenvalue weighted by Crippen LogP contribution is -2.43. The minimum atomic E-state index is -3.75. The van der Waals surface area contributed by atoms with Crippen molar-refractivity contribution in [1.29, 1.82) is 0 Å². The van der Waals surface area contributed by atoms with Crippen LogP contribution in [0.1, 0.15) is 67.2 Å². The number of amides is 1. The average molecular weight is 506 g/mol. The number of carbonyl (C=O) groups excluding carboxylic acids is 1. The first-order valence-corrected chi connectivity index (χ1v) is 14.0. The van der Waals surface area contributed by atoms with Gasteiger partial charge < -0.3 is 10.2 Å². The van der Waals surface area contributed by atoms with Gasteiger partial charge in [-0.15, -0.1) is 0 Å². The fourth-order valence-electron chi connectivity index (χ4n) is 4.71. The van der Waals surface area contributed by atoms with E-state index in [4.69, 9.17) is 0 Å². The zero-order valence-corrected chi connectivity index (χ0v) is 22.2. The third-order valence-electron chi connectivity index (χ3n) is 6.69. The highest BCUT2D eigenvalue weighted by Gasteiger charge is 2.35. The maximum atomic E-state index is 13.4. The van der Waals surface area contributed by atoms with Gasteiger partial charge in [-0.2, -0.15) is 0 Å². The number of nitrogens with zero attached hydrogens (tertiary/aromatic N) is 1. The Morgan fingerprint density at radius 2 is 1.69 bits per heavy atom. The van der Waals surface area contributed by atoms with Gasteiger partial charge in [-0.3, -0.25) is 4.79 Å². The van der Waals surface area contributed by atoms with Crippen LogP contribution in [-0.4, -0.2) is 31.3 Å². The summed E-state index contributed by atoms with van der Waals surface area (Å²) in [6, 6.07) is 22.0. The highest BCUT2D eigenvalue weighted by Crippen LogP contribution is 2.39. The third kappa shape index (κ3) is 5.79. The van der Waals surface area contributed by atoms with Gasteiger partial charge >= 0.3 is 0 Å². The minimum absolute atomic E-state index is 0.0780. The lowest BCUT2D eigenvalue weighted by molar-refractivity contribution is 0.0752. The molecular weight excluding hydrogens is 470 g/mol. The molecule has 2 N–H and O–H groups in total. The summed E-state index contributed by atoms with van der Waals surface area (Å²) in [5.74, 6) is -0.0780. The van der Waals surface area contributed by atoms with E-state index in [1.165, 1.54) is 0 Å². The van der Waals surface area contributed by atoms with Crippen LogP contribution in [0.2, 0.25) is 0 Å². The molecule has 1 heterocycles. The van der Waals surface area contributed by atoms with Crippen molar-refractivity contribution in [3.8, 4) is 0 Å². The van der Waals surface area contributed by atoms with Crippen molar-refractivity contribution in [2.45, 2.75) is 63.6 Å². The fourth-order valence-corrected chi connectivity index (χ4v) is 5.93. The van der Waals surface area contributed by atoms with E-state index in [0.29, 0.717) is 25.1 Å². The first-order valence-electron chi connectivity index (χ1n) is 12.5. The topological polar surface area (TPSA) is 78.5 Å². The Balaban J connectivity index is 1.63. The number of fused-ring (bicyclic) bond motifs is 1. The number of hydrogen-bond acceptors (Lipinski definition) is 4. The quantitative estimate of drug-likeness (QED) is 0.422. The molecule has 0 radical (unpaired) electrons. The van der Waals surface area contributed by atoms with E-state index in [2.05, 4.69) is 10.0 Å². The molecule has 0 fully saturated rings. The maximum Gasteiger partial charge on any atom is 0.254 e. The molecule has 0 aliphatic carbocycles. The Hall–Kier alpha value is -3.16. The van der Waals surface area contributed by atoms with Crippen molar-refractivity contribution in [3.63, 3.8) is 0 Å². The monoisotopic (exact) mass is 505 g/mol. The van der Waals surface area contributed by atoms with Crippen molar-refractivity contribution in [1.82, 2.24) is 9.62 Å². The summed E-state index contributed by atoms with van der Waals surface area (Å²) in [6.45, 7) is 9.18. The van der Waals surface area contributed by atoms with Crippen molar-refractivity contribution < 1.29 is 13.2 Å². The van der Waals surface area contributed by atoms with Gasteiger partial charge in [-0.1, -0.05) is 49.4 Å². The van der Waals surface area contributed by atoms with Crippen LogP contribution in [0, 0.1) is 0 Å². The lowest BCUT2D eigenvalue weighted by Gasteiger charge is -2.39. The van der Waals surface area contributed by atoms with E-state index in [1.54, 1.807) is 17.0 Å². The first-order chi connectivity index (χ1) is 17.1. The van der Waals surface area contributed by atoms with E-state index < -0.39 is 16.1 Å². The van der Waals surface area contributed by atoms with Gasteiger partial charge in [-0.05, 0) is 80.6 Å². The van der Waals surface area contributed by atoms with Crippen molar-refractivity contribution in [3.05, 3.63) is 95.1 Å². The van der Waals surface area contributed by atoms with Crippen LogP contribution < -0.4 is 10.0 Å². The van der Waals surface area contributed by atoms with Crippen molar-refractivity contribution in [2.24, 2.45) is 0 Å². The number of hydrogen-bond donors (Lipinski definition) is 2. The standard InChI is InChI=1S/C29H35N3O3S/c1-5-21-12-15-24(16-13-21)36(34,35)31-27-19-29(3,4)30-26-17-14-23(18-25(26)27)28(33)32(6-2)20-22-10-8-7-9-11-22/h7-18,27,30-31H,5-6,19-20H2,1-4H3/t27-/m0/s1. The summed E-state index contributed by atoms with van der Waals surface area (Å²) in [6.07, 6.45) is 1.39. The van der Waals surface area contributed by atoms with Crippen LogP contribution in [0.3, 0.4) is 0 Å². The van der Waals surface area contributed by atoms with Crippen LogP contribution in [0.4, 0.5) is 5.69 Å². The molecule has 1 aliphatic heterocycles. The Bertz CT molecular complexity index is 1320. The molecule has 1 amide bonds. The van der Waals surface area contributed by atoms with Gasteiger partial charge in [0.25, 0.3) is 5.91 Å². The number of rotatable bonds is 8. The molecule has 0 aromatic heterocycles. The number of sulfonamides is 1. The Morgan fingerprint density at radius 3 is 2.33 bits per heavy atom. The zero-order valence-electron chi connectivity index (χ0n) is 21.4. The molecule has 0 saturated heterocycles. The molecule has 0 saturated carbocycles. The van der Waals surface area contributed by atoms with E-state index >= 15 is 0 Å². The summed E-state index contributed by atoms with van der Waals surface area (Å²) in [7, 11) is -3.75. The lowest BCUT2D eigenvalue weighted by atomic mass is 9.85. The number of aryl methyl sites for hydroxylation is 1. The molecule has 0 spiro atoms. The van der Waals surface area contributed by atoms with E-state index in [1.807, 2.05) is 88.4 Å². The molecule has 3 aromatic rings. The molecule has 1 aliphatic rings. The van der Waals surface area contributed by atoms with Crippen molar-refractivity contribution >= 4 is 21.6 Å². The molecule has 36 heavy (non-hydrogen) atoms. The predicted octanol–water partition coefficient (Wildman–Crippen LogP) is 5.53. The largest absolute Gasteiger partial charge is 0.380 e. The second-order valence-electron chi connectivity index (χ2n) is 9.99. The summed E-state index contributed by atoms with van der Waals surface area (Å²) in [5.41, 5.74) is 3.99. The molecular formula is C29H35N3O3S. The van der Waals surface area contributed by atoms with Gasteiger partial charge in [0.15, 0.2) is 0 Å². The molecule has 0 bridgehead atoms. The molecule has 0 unspecified atom stereocenters. The second kappa shape index (κ2) is 10.4. The number of nitrogens with one attached hydrogen (secondary N) is 2. The van der Waals surface area contributed by atoms with Crippen LogP contribution >= 0.6 is 0 Å². The van der Waals surface area contributed by atoms with Gasteiger partial charge in [0.1, 0.15) is 0 Å². The number of benzene rings is 3. The minimum Gasteiger partial charge on any atom is -0.380 e. The summed E-state index contributed by atoms with van der Waals surface area (Å²) in [5, 5.41) is 3.50. The van der Waals surface area contributed by atoms with E-state index in [0.717, 1.165) is 28.8 Å². The molecule has 7 heteroatoms. The van der Waals surface area contributed by atoms with Gasteiger partial charge in [0, 0.05) is 29.9 Å². The number of carbonyl (C=O) groups is 1. The van der Waals surface area contributed by atoms with Crippen LogP contribution in [0.5, 0.6) is 0 Å². The van der Waals surface area contributed by atoms with Gasteiger partial charge in [0.05, 0.1) is 10.9 Å². The zero-order chi connectivity index (χ0) is 25.9. The maximum absolute atomic E-state index is 13.4. The smallest absolute Gasteiger partial charge is 0.254 e. The SMILES string of the molecule is CCc1ccc(S(=O)(=O)N[C@H]2CC(C)(C)Nc3ccc(C(=O)N(CC)Cc4ccccc4)cc32)cc1. The fraction of sp³-hybridized carbons (Fsp3) is 0.345. The van der Waals surface area contributed by atoms with E-state index in [-0.39, 0.29) is 16.3 Å². The molecule has 4 rings (SSSR count). The highest BCUT2D eigenvalue weighted by molar-refractivity contribution is 7.89. The van der Waals surface area contributed by atoms with Crippen LogP contribution in [0.25, 0.3) is 0 Å². The summed E-state index contributed by atoms with van der Waals surface area (Å²) < 4.78 is 29.5. The predicted molar refractivity (Wildman–Crippen MR) is 144 cm³/mol. The normalized spacial score (nSPS) is 16.6. The summed E-state index contributed by atoms with van der Waals surface area (Å²) >= 11 is 0. The average Bonchev–Trinajstić information content (AvgIpc) is 2.86. The first kappa shape index (κ1) is 25.9. The Labute approximate surface area is 214 Å².